The molecule has 2 heterocycles. The molecule has 1 unspecified atom stereocenters. The number of halogens is 1. The van der Waals surface area contributed by atoms with Crippen molar-refractivity contribution in [3.8, 4) is 5.75 Å². The molecule has 1 aliphatic rings. The van der Waals surface area contributed by atoms with Crippen LogP contribution in [-0.2, 0) is 0 Å². The number of para-hydroxylation sites is 1. The molecule has 4 rings (SSSR count). The Labute approximate surface area is 151 Å². The van der Waals surface area contributed by atoms with Gasteiger partial charge in [0.2, 0.25) is 0 Å². The maximum absolute atomic E-state index is 12.6. The average molecular weight is 371 g/mol. The van der Waals surface area contributed by atoms with E-state index in [0.717, 1.165) is 0 Å². The van der Waals surface area contributed by atoms with Gasteiger partial charge in [-0.1, -0.05) is 35.9 Å². The molecule has 0 amide bonds. The average Bonchev–Trinajstić information content (AvgIpc) is 2.61. The van der Waals surface area contributed by atoms with Crippen LogP contribution < -0.4 is 16.1 Å². The molecule has 2 N–H and O–H groups in total. The van der Waals surface area contributed by atoms with Gasteiger partial charge in [-0.25, -0.2) is 4.79 Å². The molecule has 0 saturated heterocycles. The summed E-state index contributed by atoms with van der Waals surface area (Å²) in [4.78, 5) is 23.6. The van der Waals surface area contributed by atoms with Crippen molar-refractivity contribution in [2.45, 2.75) is 5.92 Å². The summed E-state index contributed by atoms with van der Waals surface area (Å²) in [5.41, 5.74) is 5.54. The number of benzene rings is 2. The lowest BCUT2D eigenvalue weighted by Gasteiger charge is -2.24. The maximum atomic E-state index is 12.6. The number of hydrogen-bond acceptors (Lipinski definition) is 6. The van der Waals surface area contributed by atoms with Gasteiger partial charge in [0.05, 0.1) is 15.9 Å². The zero-order chi connectivity index (χ0) is 18.4. The van der Waals surface area contributed by atoms with Crippen LogP contribution in [-0.4, -0.2) is 4.92 Å². The second-order valence-corrected chi connectivity index (χ2v) is 6.16. The Hall–Kier alpha value is -3.32. The summed E-state index contributed by atoms with van der Waals surface area (Å²) < 4.78 is 10.9. The van der Waals surface area contributed by atoms with Crippen molar-refractivity contribution in [1.82, 2.24) is 0 Å². The molecule has 2 aromatic carbocycles. The minimum Gasteiger partial charge on any atom is -0.434 e. The summed E-state index contributed by atoms with van der Waals surface area (Å²) in [6, 6.07) is 13.1. The first-order valence-electron chi connectivity index (χ1n) is 7.60. The van der Waals surface area contributed by atoms with Gasteiger partial charge in [0.25, 0.3) is 5.88 Å². The Morgan fingerprint density at radius 2 is 1.81 bits per heavy atom. The third-order valence-corrected chi connectivity index (χ3v) is 4.48. The van der Waals surface area contributed by atoms with Gasteiger partial charge in [-0.2, -0.15) is 0 Å². The van der Waals surface area contributed by atoms with Gasteiger partial charge in [-0.15, -0.1) is 0 Å². The Kier molecular flexibility index (Phi) is 3.66. The summed E-state index contributed by atoms with van der Waals surface area (Å²) >= 11 is 5.91. The summed E-state index contributed by atoms with van der Waals surface area (Å²) in [6.07, 6.45) is 0. The van der Waals surface area contributed by atoms with E-state index < -0.39 is 22.2 Å². The normalized spacial score (nSPS) is 16.3. The van der Waals surface area contributed by atoms with Crippen LogP contribution in [0.25, 0.3) is 11.0 Å². The SMILES string of the molecule is NC1=C([N+](=O)[O-])C(c2ccc(Cl)cc2)c2c(c3ccccc3oc2=O)O1. The van der Waals surface area contributed by atoms with Crippen molar-refractivity contribution in [2.24, 2.45) is 5.73 Å². The van der Waals surface area contributed by atoms with Crippen molar-refractivity contribution in [2.75, 3.05) is 0 Å². The molecule has 0 saturated carbocycles. The van der Waals surface area contributed by atoms with Gasteiger partial charge in [0.15, 0.2) is 5.75 Å². The lowest BCUT2D eigenvalue weighted by atomic mass is 9.87. The van der Waals surface area contributed by atoms with Crippen molar-refractivity contribution in [3.63, 3.8) is 0 Å². The fourth-order valence-corrected chi connectivity index (χ4v) is 3.24. The predicted molar refractivity (Wildman–Crippen MR) is 94.6 cm³/mol. The first-order valence-corrected chi connectivity index (χ1v) is 7.98. The molecule has 0 bridgehead atoms. The van der Waals surface area contributed by atoms with Crippen LogP contribution in [0.5, 0.6) is 5.75 Å². The molecule has 7 nitrogen and oxygen atoms in total. The Bertz CT molecular complexity index is 1130. The van der Waals surface area contributed by atoms with Crippen LogP contribution in [0.15, 0.2) is 69.3 Å². The van der Waals surface area contributed by atoms with Crippen molar-refractivity contribution >= 4 is 22.6 Å². The Balaban J connectivity index is 2.08. The summed E-state index contributed by atoms with van der Waals surface area (Å²) in [6.45, 7) is 0. The van der Waals surface area contributed by atoms with E-state index in [1.54, 1.807) is 48.5 Å². The molecule has 0 radical (unpaired) electrons. The van der Waals surface area contributed by atoms with E-state index in [-0.39, 0.29) is 17.2 Å². The highest BCUT2D eigenvalue weighted by Crippen LogP contribution is 2.43. The fourth-order valence-electron chi connectivity index (χ4n) is 3.11. The van der Waals surface area contributed by atoms with E-state index in [4.69, 9.17) is 26.5 Å². The molecule has 1 atom stereocenters. The number of rotatable bonds is 2. The van der Waals surface area contributed by atoms with Crippen LogP contribution in [0.2, 0.25) is 5.02 Å². The van der Waals surface area contributed by atoms with Crippen molar-refractivity contribution in [1.29, 1.82) is 0 Å². The van der Waals surface area contributed by atoms with Crippen molar-refractivity contribution in [3.05, 3.63) is 96.8 Å². The van der Waals surface area contributed by atoms with Crippen LogP contribution >= 0.6 is 11.6 Å². The number of nitrogens with zero attached hydrogens (tertiary/aromatic N) is 1. The van der Waals surface area contributed by atoms with Gasteiger partial charge >= 0.3 is 11.3 Å². The first kappa shape index (κ1) is 16.2. The lowest BCUT2D eigenvalue weighted by molar-refractivity contribution is -0.432. The van der Waals surface area contributed by atoms with Crippen LogP contribution in [0.1, 0.15) is 17.0 Å². The molecule has 0 fully saturated rings. The van der Waals surface area contributed by atoms with E-state index in [0.29, 0.717) is 21.6 Å². The molecule has 1 aromatic heterocycles. The van der Waals surface area contributed by atoms with Crippen LogP contribution in [0.3, 0.4) is 0 Å². The lowest BCUT2D eigenvalue weighted by Crippen LogP contribution is -2.29. The monoisotopic (exact) mass is 370 g/mol. The van der Waals surface area contributed by atoms with E-state index in [9.17, 15) is 14.9 Å². The number of hydrogen-bond donors (Lipinski definition) is 1. The highest BCUT2D eigenvalue weighted by atomic mass is 35.5. The number of nitro groups is 1. The molecular formula is C18H11ClN2O5. The van der Waals surface area contributed by atoms with Gasteiger partial charge < -0.3 is 14.9 Å². The van der Waals surface area contributed by atoms with Crippen molar-refractivity contribution < 1.29 is 14.1 Å². The standard InChI is InChI=1S/C18H11ClN2O5/c19-10-7-5-9(6-8-10)13-14-16(26-17(20)15(13)21(23)24)11-3-1-2-4-12(11)25-18(14)22/h1-8,13H,20H2. The summed E-state index contributed by atoms with van der Waals surface area (Å²) in [7, 11) is 0. The minimum absolute atomic E-state index is 0.0342. The number of nitrogens with two attached hydrogens (primary N) is 1. The van der Waals surface area contributed by atoms with E-state index in [1.165, 1.54) is 0 Å². The van der Waals surface area contributed by atoms with Gasteiger partial charge in [0, 0.05) is 5.02 Å². The van der Waals surface area contributed by atoms with Gasteiger partial charge in [-0.3, -0.25) is 10.1 Å². The highest BCUT2D eigenvalue weighted by Gasteiger charge is 2.42. The molecule has 0 aliphatic carbocycles. The fraction of sp³-hybridized carbons (Fsp3) is 0.0556. The zero-order valence-electron chi connectivity index (χ0n) is 13.1. The smallest absolute Gasteiger partial charge is 0.344 e. The highest BCUT2D eigenvalue weighted by molar-refractivity contribution is 6.30. The summed E-state index contributed by atoms with van der Waals surface area (Å²) in [5.74, 6) is -1.23. The van der Waals surface area contributed by atoms with E-state index in [2.05, 4.69) is 0 Å². The molecule has 26 heavy (non-hydrogen) atoms. The molecule has 1 aliphatic heterocycles. The van der Waals surface area contributed by atoms with E-state index >= 15 is 0 Å². The van der Waals surface area contributed by atoms with Crippen LogP contribution in [0.4, 0.5) is 0 Å². The second kappa shape index (κ2) is 5.89. The molecule has 3 aromatic rings. The Morgan fingerprint density at radius 1 is 1.12 bits per heavy atom. The minimum atomic E-state index is -1.04. The van der Waals surface area contributed by atoms with Gasteiger partial charge in [0.1, 0.15) is 11.5 Å². The number of allylic oxidation sites excluding steroid dienone is 1. The third-order valence-electron chi connectivity index (χ3n) is 4.23. The topological polar surface area (TPSA) is 109 Å². The maximum Gasteiger partial charge on any atom is 0.344 e. The van der Waals surface area contributed by atoms with E-state index in [1.807, 2.05) is 0 Å². The second-order valence-electron chi connectivity index (χ2n) is 5.72. The van der Waals surface area contributed by atoms with Crippen LogP contribution in [0, 0.1) is 10.1 Å². The molecule has 130 valence electrons. The molecule has 8 heteroatoms. The summed E-state index contributed by atoms with van der Waals surface area (Å²) in [5, 5.41) is 12.6. The number of fused-ring (bicyclic) bond motifs is 3. The molecular weight excluding hydrogens is 360 g/mol. The largest absolute Gasteiger partial charge is 0.434 e. The van der Waals surface area contributed by atoms with Gasteiger partial charge in [-0.05, 0) is 29.8 Å². The zero-order valence-corrected chi connectivity index (χ0v) is 13.9. The third kappa shape index (κ3) is 2.41. The molecule has 0 spiro atoms. The predicted octanol–water partition coefficient (Wildman–Crippen LogP) is 3.38. The Morgan fingerprint density at radius 3 is 2.50 bits per heavy atom. The quantitative estimate of drug-likeness (QED) is 0.421. The first-order chi connectivity index (χ1) is 12.5. The number of ether oxygens (including phenoxy) is 1.